The van der Waals surface area contributed by atoms with Crippen molar-refractivity contribution in [1.82, 2.24) is 5.43 Å². The van der Waals surface area contributed by atoms with E-state index in [-0.39, 0.29) is 10.9 Å². The minimum absolute atomic E-state index is 0.261. The number of carbonyl (C=O) groups excluding carboxylic acids is 1. The van der Waals surface area contributed by atoms with E-state index in [0.717, 1.165) is 0 Å². The molecule has 0 aliphatic carbocycles. The average molecular weight is 316 g/mol. The van der Waals surface area contributed by atoms with E-state index in [0.29, 0.717) is 21.3 Å². The van der Waals surface area contributed by atoms with Crippen LogP contribution in [0.3, 0.4) is 0 Å². The summed E-state index contributed by atoms with van der Waals surface area (Å²) < 4.78 is 0. The Morgan fingerprint density at radius 2 is 1.53 bits per heavy atom. The van der Waals surface area contributed by atoms with E-state index < -0.39 is 0 Å². The number of anilines is 1. The summed E-state index contributed by atoms with van der Waals surface area (Å²) in [5, 5.41) is 0.902. The van der Waals surface area contributed by atoms with Crippen molar-refractivity contribution in [3.05, 3.63) is 63.1 Å². The summed E-state index contributed by atoms with van der Waals surface area (Å²) in [5.74, 6) is -0.261. The van der Waals surface area contributed by atoms with Crippen LogP contribution in [0.15, 0.2) is 42.5 Å². The van der Waals surface area contributed by atoms with E-state index in [4.69, 9.17) is 34.8 Å². The van der Waals surface area contributed by atoms with Crippen LogP contribution in [0.1, 0.15) is 10.4 Å². The van der Waals surface area contributed by atoms with Gasteiger partial charge in [-0.05, 0) is 24.3 Å². The Kier molecular flexibility index (Phi) is 4.53. The Morgan fingerprint density at radius 3 is 2.11 bits per heavy atom. The zero-order valence-corrected chi connectivity index (χ0v) is 11.9. The number of hydrazine groups is 1. The maximum absolute atomic E-state index is 11.8. The Labute approximate surface area is 125 Å². The quantitative estimate of drug-likeness (QED) is 0.651. The molecule has 6 heteroatoms. The van der Waals surface area contributed by atoms with Gasteiger partial charge in [0, 0.05) is 5.56 Å². The van der Waals surface area contributed by atoms with Gasteiger partial charge in [0.1, 0.15) is 0 Å². The molecule has 1 amide bonds. The largest absolute Gasteiger partial charge is 0.298 e. The molecule has 0 heterocycles. The van der Waals surface area contributed by atoms with Crippen molar-refractivity contribution in [1.29, 1.82) is 0 Å². The van der Waals surface area contributed by atoms with E-state index in [1.807, 2.05) is 6.07 Å². The second-order valence-corrected chi connectivity index (χ2v) is 4.89. The third-order valence-corrected chi connectivity index (χ3v) is 3.54. The zero-order chi connectivity index (χ0) is 13.8. The lowest BCUT2D eigenvalue weighted by Gasteiger charge is -2.10. The highest BCUT2D eigenvalue weighted by atomic mass is 35.5. The molecule has 0 unspecified atom stereocenters. The molecule has 2 aromatic carbocycles. The number of benzene rings is 2. The molecule has 0 aliphatic rings. The highest BCUT2D eigenvalue weighted by molar-refractivity contribution is 6.48. The molecule has 0 saturated heterocycles. The van der Waals surface area contributed by atoms with Gasteiger partial charge in [0.25, 0.3) is 5.91 Å². The molecule has 0 aromatic heterocycles. The van der Waals surface area contributed by atoms with Crippen LogP contribution < -0.4 is 10.9 Å². The summed E-state index contributed by atoms with van der Waals surface area (Å²) in [6.45, 7) is 0. The molecule has 2 rings (SSSR count). The maximum atomic E-state index is 11.8. The Bertz CT molecular complexity index is 579. The number of hydrogen-bond acceptors (Lipinski definition) is 2. The fourth-order valence-corrected chi connectivity index (χ4v) is 2.01. The van der Waals surface area contributed by atoms with Gasteiger partial charge in [-0.2, -0.15) is 0 Å². The zero-order valence-electron chi connectivity index (χ0n) is 9.58. The van der Waals surface area contributed by atoms with Crippen LogP contribution in [-0.4, -0.2) is 5.91 Å². The van der Waals surface area contributed by atoms with Crippen LogP contribution in [0.25, 0.3) is 0 Å². The minimum atomic E-state index is -0.261. The molecule has 0 atom stereocenters. The van der Waals surface area contributed by atoms with Gasteiger partial charge in [-0.3, -0.25) is 15.6 Å². The third-order valence-electron chi connectivity index (χ3n) is 2.34. The van der Waals surface area contributed by atoms with Crippen molar-refractivity contribution >= 4 is 46.4 Å². The van der Waals surface area contributed by atoms with E-state index in [1.165, 1.54) is 0 Å². The summed E-state index contributed by atoms with van der Waals surface area (Å²) >= 11 is 17.6. The lowest BCUT2D eigenvalue weighted by Crippen LogP contribution is -2.29. The summed E-state index contributed by atoms with van der Waals surface area (Å²) in [7, 11) is 0. The predicted octanol–water partition coefficient (Wildman–Crippen LogP) is 4.40. The van der Waals surface area contributed by atoms with Gasteiger partial charge in [-0.1, -0.05) is 53.0 Å². The van der Waals surface area contributed by atoms with Crippen LogP contribution in [0.5, 0.6) is 0 Å². The predicted molar refractivity (Wildman–Crippen MR) is 79.0 cm³/mol. The first kappa shape index (κ1) is 14.0. The van der Waals surface area contributed by atoms with Crippen molar-refractivity contribution in [2.45, 2.75) is 0 Å². The highest BCUT2D eigenvalue weighted by Crippen LogP contribution is 2.32. The molecule has 0 saturated carbocycles. The molecular weight excluding hydrogens is 307 g/mol. The van der Waals surface area contributed by atoms with E-state index >= 15 is 0 Å². The molecule has 0 radical (unpaired) electrons. The van der Waals surface area contributed by atoms with Gasteiger partial charge >= 0.3 is 0 Å². The van der Waals surface area contributed by atoms with E-state index in [1.54, 1.807) is 36.4 Å². The van der Waals surface area contributed by atoms with Crippen molar-refractivity contribution in [3.63, 3.8) is 0 Å². The first-order chi connectivity index (χ1) is 9.08. The van der Waals surface area contributed by atoms with Gasteiger partial charge in [-0.15, -0.1) is 0 Å². The topological polar surface area (TPSA) is 41.1 Å². The fourth-order valence-electron chi connectivity index (χ4n) is 1.42. The third kappa shape index (κ3) is 3.53. The molecule has 0 fully saturated rings. The van der Waals surface area contributed by atoms with Gasteiger partial charge in [0.2, 0.25) is 0 Å². The summed E-state index contributed by atoms with van der Waals surface area (Å²) in [6.07, 6.45) is 0. The van der Waals surface area contributed by atoms with Crippen molar-refractivity contribution < 1.29 is 4.79 Å². The van der Waals surface area contributed by atoms with Crippen LogP contribution >= 0.6 is 34.8 Å². The Balaban J connectivity index is 2.05. The van der Waals surface area contributed by atoms with Crippen molar-refractivity contribution in [2.75, 3.05) is 5.43 Å². The highest BCUT2D eigenvalue weighted by Gasteiger charge is 2.07. The maximum Gasteiger partial charge on any atom is 0.269 e. The smallest absolute Gasteiger partial charge is 0.269 e. The van der Waals surface area contributed by atoms with Gasteiger partial charge in [0.05, 0.1) is 20.8 Å². The molecule has 0 aliphatic heterocycles. The number of hydrogen-bond donors (Lipinski definition) is 2. The number of nitrogens with one attached hydrogen (secondary N) is 2. The summed E-state index contributed by atoms with van der Waals surface area (Å²) in [6, 6.07) is 12.0. The number of amides is 1. The molecule has 98 valence electrons. The summed E-state index contributed by atoms with van der Waals surface area (Å²) in [5.41, 5.74) is 6.35. The van der Waals surface area contributed by atoms with Gasteiger partial charge in [0.15, 0.2) is 0 Å². The standard InChI is InChI=1S/C13H9Cl3N2O/c14-10-6-9(7-11(15)12(10)16)17-18-13(19)8-4-2-1-3-5-8/h1-7,17H,(H,18,19). The molecule has 0 bridgehead atoms. The van der Waals surface area contributed by atoms with Gasteiger partial charge in [-0.25, -0.2) is 0 Å². The van der Waals surface area contributed by atoms with Crippen LogP contribution in [0.2, 0.25) is 15.1 Å². The molecule has 2 N–H and O–H groups in total. The van der Waals surface area contributed by atoms with E-state index in [2.05, 4.69) is 10.9 Å². The Hall–Kier alpha value is -1.42. The number of carbonyl (C=O) groups is 1. The molecular formula is C13H9Cl3N2O. The molecule has 2 aromatic rings. The second-order valence-electron chi connectivity index (χ2n) is 3.70. The fraction of sp³-hybridized carbons (Fsp3) is 0. The van der Waals surface area contributed by atoms with Crippen molar-refractivity contribution in [2.24, 2.45) is 0 Å². The number of rotatable bonds is 3. The van der Waals surface area contributed by atoms with Crippen LogP contribution in [-0.2, 0) is 0 Å². The lowest BCUT2D eigenvalue weighted by atomic mass is 10.2. The Morgan fingerprint density at radius 1 is 0.947 bits per heavy atom. The summed E-state index contributed by atoms with van der Waals surface area (Å²) in [4.78, 5) is 11.8. The molecule has 0 spiro atoms. The first-order valence-corrected chi connectivity index (χ1v) is 6.47. The molecule has 3 nitrogen and oxygen atoms in total. The average Bonchev–Trinajstić information content (AvgIpc) is 2.43. The van der Waals surface area contributed by atoms with Crippen molar-refractivity contribution in [3.8, 4) is 0 Å². The van der Waals surface area contributed by atoms with E-state index in [9.17, 15) is 4.79 Å². The van der Waals surface area contributed by atoms with Gasteiger partial charge < -0.3 is 0 Å². The number of halogens is 3. The monoisotopic (exact) mass is 314 g/mol. The normalized spacial score (nSPS) is 10.1. The van der Waals surface area contributed by atoms with Crippen LogP contribution in [0.4, 0.5) is 5.69 Å². The molecule has 19 heavy (non-hydrogen) atoms. The first-order valence-electron chi connectivity index (χ1n) is 5.34. The lowest BCUT2D eigenvalue weighted by molar-refractivity contribution is 0.0962. The minimum Gasteiger partial charge on any atom is -0.298 e. The van der Waals surface area contributed by atoms with Crippen LogP contribution in [0, 0.1) is 0 Å². The second kappa shape index (κ2) is 6.15. The SMILES string of the molecule is O=C(NNc1cc(Cl)c(Cl)c(Cl)c1)c1ccccc1.